The van der Waals surface area contributed by atoms with Crippen LogP contribution in [0.4, 0.5) is 5.82 Å². The topological polar surface area (TPSA) is 28.2 Å². The van der Waals surface area contributed by atoms with Crippen molar-refractivity contribution in [1.82, 2.24) is 10.3 Å². The van der Waals surface area contributed by atoms with Gasteiger partial charge in [0.25, 0.3) is 0 Å². The van der Waals surface area contributed by atoms with E-state index in [0.29, 0.717) is 5.41 Å². The van der Waals surface area contributed by atoms with Crippen LogP contribution in [0.5, 0.6) is 0 Å². The van der Waals surface area contributed by atoms with Crippen molar-refractivity contribution in [1.29, 1.82) is 0 Å². The lowest BCUT2D eigenvalue weighted by Gasteiger charge is -2.39. The maximum atomic E-state index is 4.76. The SMILES string of the molecule is CCCNCc1cc(C)nc(N2CCC(C)(CC)CC2)c1. The van der Waals surface area contributed by atoms with Crippen molar-refractivity contribution in [2.45, 2.75) is 59.9 Å². The van der Waals surface area contributed by atoms with Crippen LogP contribution in [0.15, 0.2) is 12.1 Å². The molecule has 0 amide bonds. The Labute approximate surface area is 130 Å². The summed E-state index contributed by atoms with van der Waals surface area (Å²) < 4.78 is 0. The minimum atomic E-state index is 0.534. The molecule has 3 heteroatoms. The van der Waals surface area contributed by atoms with Gasteiger partial charge in [0.05, 0.1) is 0 Å². The third-order valence-corrected chi connectivity index (χ3v) is 4.90. The zero-order valence-electron chi connectivity index (χ0n) is 14.2. The fourth-order valence-electron chi connectivity index (χ4n) is 3.02. The van der Waals surface area contributed by atoms with Gasteiger partial charge in [-0.1, -0.05) is 27.2 Å². The molecule has 0 spiro atoms. The van der Waals surface area contributed by atoms with Crippen molar-refractivity contribution in [3.63, 3.8) is 0 Å². The number of rotatable bonds is 6. The van der Waals surface area contributed by atoms with Crippen LogP contribution in [0.1, 0.15) is 57.7 Å². The van der Waals surface area contributed by atoms with Crippen molar-refractivity contribution in [3.8, 4) is 0 Å². The number of nitrogens with one attached hydrogen (secondary N) is 1. The predicted octanol–water partition coefficient (Wildman–Crippen LogP) is 3.91. The number of pyridine rings is 1. The molecule has 0 aromatic carbocycles. The molecule has 0 radical (unpaired) electrons. The molecule has 2 rings (SSSR count). The second kappa shape index (κ2) is 7.26. The fraction of sp³-hybridized carbons (Fsp3) is 0.722. The lowest BCUT2D eigenvalue weighted by Crippen LogP contribution is -2.39. The molecule has 1 aromatic heterocycles. The number of hydrogen-bond acceptors (Lipinski definition) is 3. The van der Waals surface area contributed by atoms with Gasteiger partial charge < -0.3 is 10.2 Å². The molecule has 1 fully saturated rings. The zero-order chi connectivity index (χ0) is 15.3. The summed E-state index contributed by atoms with van der Waals surface area (Å²) in [6.07, 6.45) is 5.03. The first-order valence-electron chi connectivity index (χ1n) is 8.49. The summed E-state index contributed by atoms with van der Waals surface area (Å²) >= 11 is 0. The van der Waals surface area contributed by atoms with Gasteiger partial charge >= 0.3 is 0 Å². The highest BCUT2D eigenvalue weighted by atomic mass is 15.2. The predicted molar refractivity (Wildman–Crippen MR) is 90.8 cm³/mol. The van der Waals surface area contributed by atoms with Crippen molar-refractivity contribution in [3.05, 3.63) is 23.4 Å². The first-order valence-corrected chi connectivity index (χ1v) is 8.49. The molecule has 1 aliphatic heterocycles. The highest BCUT2D eigenvalue weighted by Gasteiger charge is 2.28. The van der Waals surface area contributed by atoms with Gasteiger partial charge in [-0.05, 0) is 55.8 Å². The van der Waals surface area contributed by atoms with Crippen molar-refractivity contribution in [2.75, 3.05) is 24.5 Å². The molecule has 0 aliphatic carbocycles. The summed E-state index contributed by atoms with van der Waals surface area (Å²) in [4.78, 5) is 7.22. The number of anilines is 1. The molecular weight excluding hydrogens is 258 g/mol. The number of piperidine rings is 1. The van der Waals surface area contributed by atoms with Crippen LogP contribution in [-0.4, -0.2) is 24.6 Å². The molecular formula is C18H31N3. The molecule has 118 valence electrons. The monoisotopic (exact) mass is 289 g/mol. The fourth-order valence-corrected chi connectivity index (χ4v) is 3.02. The molecule has 0 bridgehead atoms. The van der Waals surface area contributed by atoms with Gasteiger partial charge in [-0.2, -0.15) is 0 Å². The molecule has 1 aliphatic rings. The molecule has 0 unspecified atom stereocenters. The quantitative estimate of drug-likeness (QED) is 0.805. The minimum Gasteiger partial charge on any atom is -0.357 e. The van der Waals surface area contributed by atoms with Crippen LogP contribution in [0.2, 0.25) is 0 Å². The second-order valence-electron chi connectivity index (χ2n) is 6.80. The maximum absolute atomic E-state index is 4.76. The van der Waals surface area contributed by atoms with Crippen LogP contribution in [-0.2, 0) is 6.54 Å². The zero-order valence-corrected chi connectivity index (χ0v) is 14.2. The van der Waals surface area contributed by atoms with E-state index in [1.165, 1.54) is 37.1 Å². The summed E-state index contributed by atoms with van der Waals surface area (Å²) in [7, 11) is 0. The summed E-state index contributed by atoms with van der Waals surface area (Å²) in [5, 5.41) is 3.48. The molecule has 1 aromatic rings. The van der Waals surface area contributed by atoms with E-state index in [-0.39, 0.29) is 0 Å². The van der Waals surface area contributed by atoms with E-state index < -0.39 is 0 Å². The average molecular weight is 289 g/mol. The molecule has 1 saturated heterocycles. The van der Waals surface area contributed by atoms with Crippen LogP contribution in [0.3, 0.4) is 0 Å². The Balaban J connectivity index is 2.03. The smallest absolute Gasteiger partial charge is 0.129 e. The Morgan fingerprint density at radius 2 is 1.95 bits per heavy atom. The average Bonchev–Trinajstić information content (AvgIpc) is 2.48. The summed E-state index contributed by atoms with van der Waals surface area (Å²) in [6, 6.07) is 4.47. The second-order valence-corrected chi connectivity index (χ2v) is 6.80. The Morgan fingerprint density at radius 3 is 2.57 bits per heavy atom. The van der Waals surface area contributed by atoms with E-state index >= 15 is 0 Å². The lowest BCUT2D eigenvalue weighted by molar-refractivity contribution is 0.238. The first-order chi connectivity index (χ1) is 10.1. The van der Waals surface area contributed by atoms with Gasteiger partial charge in [0, 0.05) is 25.3 Å². The Morgan fingerprint density at radius 1 is 1.24 bits per heavy atom. The van der Waals surface area contributed by atoms with Gasteiger partial charge in [0.1, 0.15) is 5.82 Å². The molecule has 0 atom stereocenters. The first kappa shape index (κ1) is 16.3. The molecule has 2 heterocycles. The molecule has 21 heavy (non-hydrogen) atoms. The summed E-state index contributed by atoms with van der Waals surface area (Å²) in [6.45, 7) is 13.4. The van der Waals surface area contributed by atoms with Gasteiger partial charge in [-0.15, -0.1) is 0 Å². The highest BCUT2D eigenvalue weighted by molar-refractivity contribution is 5.43. The standard InChI is InChI=1S/C18H31N3/c1-5-9-19-14-16-12-15(3)20-17(13-16)21-10-7-18(4,6-2)8-11-21/h12-13,19H,5-11,14H2,1-4H3. The number of hydrogen-bond donors (Lipinski definition) is 1. The number of nitrogens with zero attached hydrogens (tertiary/aromatic N) is 2. The van der Waals surface area contributed by atoms with Gasteiger partial charge in [-0.3, -0.25) is 0 Å². The van der Waals surface area contributed by atoms with Gasteiger partial charge in [0.15, 0.2) is 0 Å². The van der Waals surface area contributed by atoms with Crippen LogP contribution < -0.4 is 10.2 Å². The Kier molecular flexibility index (Phi) is 5.63. The van der Waals surface area contributed by atoms with Gasteiger partial charge in [-0.25, -0.2) is 4.98 Å². The maximum Gasteiger partial charge on any atom is 0.129 e. The highest BCUT2D eigenvalue weighted by Crippen LogP contribution is 2.35. The Hall–Kier alpha value is -1.09. The summed E-state index contributed by atoms with van der Waals surface area (Å²) in [5.74, 6) is 1.17. The van der Waals surface area contributed by atoms with Crippen LogP contribution in [0.25, 0.3) is 0 Å². The van der Waals surface area contributed by atoms with E-state index in [0.717, 1.165) is 31.9 Å². The van der Waals surface area contributed by atoms with E-state index in [9.17, 15) is 0 Å². The molecule has 1 N–H and O–H groups in total. The van der Waals surface area contributed by atoms with Crippen LogP contribution >= 0.6 is 0 Å². The van der Waals surface area contributed by atoms with Crippen molar-refractivity contribution < 1.29 is 0 Å². The minimum absolute atomic E-state index is 0.534. The summed E-state index contributed by atoms with van der Waals surface area (Å²) in [5.41, 5.74) is 3.02. The van der Waals surface area contributed by atoms with Crippen LogP contribution in [0, 0.1) is 12.3 Å². The van der Waals surface area contributed by atoms with E-state index in [4.69, 9.17) is 4.98 Å². The van der Waals surface area contributed by atoms with Crippen molar-refractivity contribution >= 4 is 5.82 Å². The van der Waals surface area contributed by atoms with E-state index in [2.05, 4.69) is 50.0 Å². The molecule has 3 nitrogen and oxygen atoms in total. The van der Waals surface area contributed by atoms with Gasteiger partial charge in [0.2, 0.25) is 0 Å². The molecule has 0 saturated carbocycles. The Bertz CT molecular complexity index is 448. The van der Waals surface area contributed by atoms with Crippen molar-refractivity contribution in [2.24, 2.45) is 5.41 Å². The largest absolute Gasteiger partial charge is 0.357 e. The lowest BCUT2D eigenvalue weighted by atomic mass is 9.78. The van der Waals surface area contributed by atoms with E-state index in [1.807, 2.05) is 0 Å². The normalized spacial score (nSPS) is 18.0. The van der Waals surface area contributed by atoms with E-state index in [1.54, 1.807) is 0 Å². The number of aryl methyl sites for hydroxylation is 1. The number of aromatic nitrogens is 1. The third kappa shape index (κ3) is 4.44. The third-order valence-electron chi connectivity index (χ3n) is 4.90.